The number of carbonyl (C=O) groups excluding carboxylic acids is 1. The Labute approximate surface area is 120 Å². The van der Waals surface area contributed by atoms with Gasteiger partial charge in [0.1, 0.15) is 4.88 Å². The van der Waals surface area contributed by atoms with Gasteiger partial charge in [0.15, 0.2) is 0 Å². The van der Waals surface area contributed by atoms with Crippen molar-refractivity contribution in [3.8, 4) is 0 Å². The fraction of sp³-hybridized carbons (Fsp3) is 0.500. The average molecular weight is 300 g/mol. The topological polar surface area (TPSA) is 60.9 Å². The van der Waals surface area contributed by atoms with Gasteiger partial charge in [-0.1, -0.05) is 0 Å². The number of carbonyl (C=O) groups is 2. The van der Waals surface area contributed by atoms with E-state index in [-0.39, 0.29) is 5.91 Å². The van der Waals surface area contributed by atoms with Crippen LogP contribution in [0.1, 0.15) is 9.67 Å². The number of likely N-dealkylation sites (N-methyl/N-ethyl adjacent to an activating group) is 1. The van der Waals surface area contributed by atoms with E-state index in [1.807, 2.05) is 4.90 Å². The van der Waals surface area contributed by atoms with Crippen molar-refractivity contribution in [2.24, 2.45) is 0 Å². The van der Waals surface area contributed by atoms with Crippen LogP contribution in [0.15, 0.2) is 16.3 Å². The van der Waals surface area contributed by atoms with E-state index in [9.17, 15) is 9.59 Å². The predicted octanol–water partition coefficient (Wildman–Crippen LogP) is 1.31. The van der Waals surface area contributed by atoms with E-state index in [2.05, 4.69) is 11.9 Å². The van der Waals surface area contributed by atoms with Gasteiger partial charge in [0.2, 0.25) is 5.91 Å². The summed E-state index contributed by atoms with van der Waals surface area (Å²) in [5, 5.41) is 10.6. The Balaban J connectivity index is 1.81. The number of hydrogen-bond donors (Lipinski definition) is 1. The molecule has 1 aliphatic rings. The second kappa shape index (κ2) is 6.40. The van der Waals surface area contributed by atoms with Crippen molar-refractivity contribution in [3.05, 3.63) is 16.3 Å². The Kier molecular flexibility index (Phi) is 4.84. The highest BCUT2D eigenvalue weighted by molar-refractivity contribution is 8.00. The van der Waals surface area contributed by atoms with Gasteiger partial charge in [-0.05, 0) is 13.1 Å². The number of thioether (sulfide) groups is 1. The molecule has 0 unspecified atom stereocenters. The van der Waals surface area contributed by atoms with Gasteiger partial charge in [-0.15, -0.1) is 23.1 Å². The lowest BCUT2D eigenvalue weighted by Crippen LogP contribution is -2.47. The highest BCUT2D eigenvalue weighted by Gasteiger charge is 2.19. The van der Waals surface area contributed by atoms with Gasteiger partial charge in [0.05, 0.1) is 5.75 Å². The summed E-state index contributed by atoms with van der Waals surface area (Å²) in [5.41, 5.74) is 0. The SMILES string of the molecule is CN1CCN(C(=O)CSc2csc(C(=O)O)c2)CC1. The van der Waals surface area contributed by atoms with Crippen molar-refractivity contribution in [1.29, 1.82) is 0 Å². The van der Waals surface area contributed by atoms with Crippen molar-refractivity contribution in [2.75, 3.05) is 39.0 Å². The minimum Gasteiger partial charge on any atom is -0.477 e. The molecular formula is C12H16N2O3S2. The molecular weight excluding hydrogens is 284 g/mol. The standard InChI is InChI=1S/C12H16N2O3S2/c1-13-2-4-14(5-3-13)11(15)8-18-9-6-10(12(16)17)19-7-9/h6-7H,2-5,8H2,1H3,(H,16,17). The lowest BCUT2D eigenvalue weighted by Gasteiger charge is -2.32. The van der Waals surface area contributed by atoms with E-state index in [1.54, 1.807) is 11.4 Å². The number of aromatic carboxylic acids is 1. The Morgan fingerprint density at radius 3 is 2.63 bits per heavy atom. The summed E-state index contributed by atoms with van der Waals surface area (Å²) in [6.45, 7) is 3.38. The zero-order valence-electron chi connectivity index (χ0n) is 10.7. The van der Waals surface area contributed by atoms with Gasteiger partial charge < -0.3 is 14.9 Å². The smallest absolute Gasteiger partial charge is 0.345 e. The third-order valence-corrected chi connectivity index (χ3v) is 5.03. The minimum absolute atomic E-state index is 0.126. The summed E-state index contributed by atoms with van der Waals surface area (Å²) in [4.78, 5) is 28.0. The van der Waals surface area contributed by atoms with Crippen LogP contribution in [0.5, 0.6) is 0 Å². The van der Waals surface area contributed by atoms with Gasteiger partial charge in [0, 0.05) is 36.5 Å². The molecule has 2 heterocycles. The van der Waals surface area contributed by atoms with Crippen molar-refractivity contribution in [1.82, 2.24) is 9.80 Å². The van der Waals surface area contributed by atoms with E-state index in [0.717, 1.165) is 31.1 Å². The second-order valence-electron chi connectivity index (χ2n) is 4.42. The fourth-order valence-corrected chi connectivity index (χ4v) is 3.57. The molecule has 0 spiro atoms. The zero-order valence-corrected chi connectivity index (χ0v) is 12.3. The number of carboxylic acids is 1. The van der Waals surface area contributed by atoms with Crippen LogP contribution >= 0.6 is 23.1 Å². The summed E-state index contributed by atoms with van der Waals surface area (Å²) in [6.07, 6.45) is 0. The number of thiophene rings is 1. The van der Waals surface area contributed by atoms with Crippen LogP contribution in [-0.2, 0) is 4.79 Å². The first-order valence-electron chi connectivity index (χ1n) is 5.97. The maximum absolute atomic E-state index is 12.0. The zero-order chi connectivity index (χ0) is 13.8. The van der Waals surface area contributed by atoms with Gasteiger partial charge in [-0.25, -0.2) is 4.79 Å². The number of amides is 1. The molecule has 0 saturated carbocycles. The first-order chi connectivity index (χ1) is 9.06. The number of nitrogens with zero attached hydrogens (tertiary/aromatic N) is 2. The van der Waals surface area contributed by atoms with Crippen LogP contribution in [-0.4, -0.2) is 65.8 Å². The van der Waals surface area contributed by atoms with Crippen LogP contribution in [0.2, 0.25) is 0 Å². The van der Waals surface area contributed by atoms with Gasteiger partial charge in [0.25, 0.3) is 0 Å². The highest BCUT2D eigenvalue weighted by atomic mass is 32.2. The van der Waals surface area contributed by atoms with E-state index in [4.69, 9.17) is 5.11 Å². The molecule has 1 N–H and O–H groups in total. The van der Waals surface area contributed by atoms with Crippen LogP contribution in [0.25, 0.3) is 0 Å². The van der Waals surface area contributed by atoms with Crippen LogP contribution < -0.4 is 0 Å². The average Bonchev–Trinajstić information content (AvgIpc) is 2.86. The first kappa shape index (κ1) is 14.4. The van der Waals surface area contributed by atoms with Crippen LogP contribution in [0.3, 0.4) is 0 Å². The van der Waals surface area contributed by atoms with Gasteiger partial charge in [-0.3, -0.25) is 4.79 Å². The lowest BCUT2D eigenvalue weighted by atomic mass is 10.3. The van der Waals surface area contributed by atoms with Crippen LogP contribution in [0.4, 0.5) is 0 Å². The normalized spacial score (nSPS) is 16.6. The summed E-state index contributed by atoms with van der Waals surface area (Å²) in [7, 11) is 2.05. The molecule has 0 bridgehead atoms. The van der Waals surface area contributed by atoms with Crippen molar-refractivity contribution >= 4 is 35.0 Å². The molecule has 5 nitrogen and oxygen atoms in total. The molecule has 0 radical (unpaired) electrons. The number of carboxylic acid groups (broad SMARTS) is 1. The van der Waals surface area contributed by atoms with Gasteiger partial charge in [-0.2, -0.15) is 0 Å². The van der Waals surface area contributed by atoms with Gasteiger partial charge >= 0.3 is 5.97 Å². The summed E-state index contributed by atoms with van der Waals surface area (Å²) in [5.74, 6) is -0.414. The molecule has 1 aromatic rings. The Hall–Kier alpha value is -1.05. The Bertz CT molecular complexity index is 467. The molecule has 1 amide bonds. The molecule has 1 aliphatic heterocycles. The van der Waals surface area contributed by atoms with Crippen molar-refractivity contribution in [3.63, 3.8) is 0 Å². The number of rotatable bonds is 4. The van der Waals surface area contributed by atoms with Crippen molar-refractivity contribution < 1.29 is 14.7 Å². The monoisotopic (exact) mass is 300 g/mol. The minimum atomic E-state index is -0.915. The predicted molar refractivity (Wildman–Crippen MR) is 76.1 cm³/mol. The van der Waals surface area contributed by atoms with Crippen LogP contribution in [0, 0.1) is 0 Å². The molecule has 0 aromatic carbocycles. The van der Waals surface area contributed by atoms with E-state index >= 15 is 0 Å². The van der Waals surface area contributed by atoms with E-state index < -0.39 is 5.97 Å². The molecule has 7 heteroatoms. The van der Waals surface area contributed by atoms with Crippen molar-refractivity contribution in [2.45, 2.75) is 4.90 Å². The molecule has 104 valence electrons. The lowest BCUT2D eigenvalue weighted by molar-refractivity contribution is -0.129. The molecule has 19 heavy (non-hydrogen) atoms. The molecule has 1 fully saturated rings. The van der Waals surface area contributed by atoms with E-state index in [0.29, 0.717) is 10.6 Å². The second-order valence-corrected chi connectivity index (χ2v) is 6.38. The number of piperazine rings is 1. The number of hydrogen-bond acceptors (Lipinski definition) is 5. The third-order valence-electron chi connectivity index (χ3n) is 3.00. The molecule has 0 atom stereocenters. The fourth-order valence-electron chi connectivity index (χ4n) is 1.80. The Morgan fingerprint density at radius 1 is 1.37 bits per heavy atom. The first-order valence-corrected chi connectivity index (χ1v) is 7.84. The molecule has 2 rings (SSSR count). The quantitative estimate of drug-likeness (QED) is 0.850. The Morgan fingerprint density at radius 2 is 2.05 bits per heavy atom. The molecule has 1 saturated heterocycles. The summed E-state index contributed by atoms with van der Waals surface area (Å²) < 4.78 is 0. The maximum Gasteiger partial charge on any atom is 0.345 e. The summed E-state index contributed by atoms with van der Waals surface area (Å²) >= 11 is 2.60. The third kappa shape index (κ3) is 3.95. The highest BCUT2D eigenvalue weighted by Crippen LogP contribution is 2.25. The van der Waals surface area contributed by atoms with E-state index in [1.165, 1.54) is 23.1 Å². The maximum atomic E-state index is 12.0. The molecule has 0 aliphatic carbocycles. The largest absolute Gasteiger partial charge is 0.477 e. The summed E-state index contributed by atoms with van der Waals surface area (Å²) in [6, 6.07) is 1.62. The molecule has 1 aromatic heterocycles.